The van der Waals surface area contributed by atoms with E-state index < -0.39 is 0 Å². The third kappa shape index (κ3) is 3.18. The third-order valence-electron chi connectivity index (χ3n) is 3.62. The van der Waals surface area contributed by atoms with Gasteiger partial charge in [-0.15, -0.1) is 0 Å². The van der Waals surface area contributed by atoms with E-state index in [1.165, 1.54) is 6.92 Å². The number of amides is 1. The Morgan fingerprint density at radius 1 is 1.43 bits per heavy atom. The van der Waals surface area contributed by atoms with Crippen LogP contribution in [0, 0.1) is 0 Å². The molecular formula is C14H18N6O. The second kappa shape index (κ2) is 5.90. The summed E-state index contributed by atoms with van der Waals surface area (Å²) in [6.45, 7) is 3.83. The molecule has 3 heterocycles. The maximum absolute atomic E-state index is 10.9. The van der Waals surface area contributed by atoms with Crippen LogP contribution in [0.25, 0.3) is 0 Å². The quantitative estimate of drug-likeness (QED) is 0.869. The maximum atomic E-state index is 10.9. The Bertz CT molecular complexity index is 611. The molecule has 0 unspecified atom stereocenters. The number of anilines is 1. The van der Waals surface area contributed by atoms with Gasteiger partial charge in [0.15, 0.2) is 0 Å². The Balaban J connectivity index is 1.62. The van der Waals surface area contributed by atoms with Gasteiger partial charge in [0.05, 0.1) is 24.6 Å². The van der Waals surface area contributed by atoms with Gasteiger partial charge in [-0.25, -0.2) is 9.97 Å². The lowest BCUT2D eigenvalue weighted by atomic mass is 10.1. The van der Waals surface area contributed by atoms with E-state index >= 15 is 0 Å². The Kier molecular flexibility index (Phi) is 3.81. The Morgan fingerprint density at radius 2 is 2.33 bits per heavy atom. The zero-order valence-corrected chi connectivity index (χ0v) is 11.9. The fourth-order valence-electron chi connectivity index (χ4n) is 2.54. The van der Waals surface area contributed by atoms with Gasteiger partial charge in [0.25, 0.3) is 0 Å². The van der Waals surface area contributed by atoms with Crippen molar-refractivity contribution in [1.29, 1.82) is 0 Å². The van der Waals surface area contributed by atoms with Gasteiger partial charge in [0, 0.05) is 38.3 Å². The van der Waals surface area contributed by atoms with Crippen molar-refractivity contribution >= 4 is 11.7 Å². The fraction of sp³-hybridized carbons (Fsp3) is 0.429. The lowest BCUT2D eigenvalue weighted by Crippen LogP contribution is -2.20. The molecule has 1 saturated heterocycles. The first-order chi connectivity index (χ1) is 10.2. The number of rotatable bonds is 4. The number of carbonyl (C=O) groups is 1. The SMILES string of the molecule is CC(=O)NCc1cnc([C@@H]2CCN(c3cnccn3)C2)[nH]1. The van der Waals surface area contributed by atoms with Gasteiger partial charge >= 0.3 is 0 Å². The van der Waals surface area contributed by atoms with Crippen LogP contribution in [-0.4, -0.2) is 38.9 Å². The number of imidazole rings is 1. The minimum Gasteiger partial charge on any atom is -0.355 e. The van der Waals surface area contributed by atoms with Crippen molar-refractivity contribution in [1.82, 2.24) is 25.3 Å². The number of aromatic nitrogens is 4. The summed E-state index contributed by atoms with van der Waals surface area (Å²) in [6.07, 6.45) is 7.99. The van der Waals surface area contributed by atoms with Crippen LogP contribution >= 0.6 is 0 Å². The molecular weight excluding hydrogens is 268 g/mol. The molecule has 1 atom stereocenters. The molecule has 1 amide bonds. The van der Waals surface area contributed by atoms with E-state index in [1.54, 1.807) is 24.8 Å². The molecule has 2 aromatic heterocycles. The number of H-pyrrole nitrogens is 1. The molecule has 0 spiro atoms. The van der Waals surface area contributed by atoms with E-state index in [0.717, 1.165) is 36.8 Å². The van der Waals surface area contributed by atoms with E-state index in [9.17, 15) is 4.79 Å². The molecule has 0 aromatic carbocycles. The third-order valence-corrected chi connectivity index (χ3v) is 3.62. The first-order valence-electron chi connectivity index (χ1n) is 7.01. The van der Waals surface area contributed by atoms with Crippen molar-refractivity contribution in [3.05, 3.63) is 36.3 Å². The second-order valence-electron chi connectivity index (χ2n) is 5.20. The first kappa shape index (κ1) is 13.5. The zero-order valence-electron chi connectivity index (χ0n) is 11.9. The fourth-order valence-corrected chi connectivity index (χ4v) is 2.54. The molecule has 21 heavy (non-hydrogen) atoms. The monoisotopic (exact) mass is 286 g/mol. The van der Waals surface area contributed by atoms with Crippen LogP contribution in [0.3, 0.4) is 0 Å². The Hall–Kier alpha value is -2.44. The Labute approximate surface area is 122 Å². The van der Waals surface area contributed by atoms with Gasteiger partial charge in [-0.3, -0.25) is 9.78 Å². The van der Waals surface area contributed by atoms with Crippen molar-refractivity contribution in [2.24, 2.45) is 0 Å². The number of nitrogens with zero attached hydrogens (tertiary/aromatic N) is 4. The summed E-state index contributed by atoms with van der Waals surface area (Å²) in [5, 5.41) is 2.76. The normalized spacial score (nSPS) is 18.0. The van der Waals surface area contributed by atoms with Crippen LogP contribution in [0.15, 0.2) is 24.8 Å². The molecule has 1 aliphatic rings. The summed E-state index contributed by atoms with van der Waals surface area (Å²) in [5.74, 6) is 2.20. The maximum Gasteiger partial charge on any atom is 0.217 e. The molecule has 7 heteroatoms. The standard InChI is InChI=1S/C14H18N6O/c1-10(21)17-6-12-7-18-14(19-12)11-2-5-20(9-11)13-8-15-3-4-16-13/h3-4,7-8,11H,2,5-6,9H2,1H3,(H,17,21)(H,18,19)/t11-/m1/s1. The van der Waals surface area contributed by atoms with E-state index in [-0.39, 0.29) is 5.91 Å². The Morgan fingerprint density at radius 3 is 3.10 bits per heavy atom. The highest BCUT2D eigenvalue weighted by molar-refractivity contribution is 5.72. The number of hydrogen-bond donors (Lipinski definition) is 2. The molecule has 0 radical (unpaired) electrons. The van der Waals surface area contributed by atoms with Crippen LogP contribution in [0.4, 0.5) is 5.82 Å². The molecule has 0 saturated carbocycles. The number of carbonyl (C=O) groups excluding carboxylic acids is 1. The number of hydrogen-bond acceptors (Lipinski definition) is 5. The molecule has 2 N–H and O–H groups in total. The van der Waals surface area contributed by atoms with Crippen LogP contribution in [0.5, 0.6) is 0 Å². The molecule has 7 nitrogen and oxygen atoms in total. The van der Waals surface area contributed by atoms with Crippen molar-refractivity contribution in [3.8, 4) is 0 Å². The molecule has 1 aliphatic heterocycles. The minimum atomic E-state index is -0.0409. The van der Waals surface area contributed by atoms with Gasteiger partial charge < -0.3 is 15.2 Å². The van der Waals surface area contributed by atoms with Crippen molar-refractivity contribution < 1.29 is 4.79 Å². The molecule has 2 aromatic rings. The topological polar surface area (TPSA) is 86.8 Å². The lowest BCUT2D eigenvalue weighted by molar-refractivity contribution is -0.119. The summed E-state index contributed by atoms with van der Waals surface area (Å²) in [6, 6.07) is 0. The van der Waals surface area contributed by atoms with Gasteiger partial charge in [-0.1, -0.05) is 0 Å². The van der Waals surface area contributed by atoms with Crippen molar-refractivity contribution in [2.75, 3.05) is 18.0 Å². The van der Waals surface area contributed by atoms with Crippen LogP contribution in [-0.2, 0) is 11.3 Å². The van der Waals surface area contributed by atoms with Gasteiger partial charge in [0.1, 0.15) is 11.6 Å². The van der Waals surface area contributed by atoms with Crippen LogP contribution in [0.1, 0.15) is 30.8 Å². The highest BCUT2D eigenvalue weighted by atomic mass is 16.1. The number of aromatic amines is 1. The molecule has 1 fully saturated rings. The molecule has 0 bridgehead atoms. The predicted molar refractivity (Wildman–Crippen MR) is 77.7 cm³/mol. The van der Waals surface area contributed by atoms with Gasteiger partial charge in [-0.2, -0.15) is 0 Å². The average molecular weight is 286 g/mol. The first-order valence-corrected chi connectivity index (χ1v) is 7.01. The average Bonchev–Trinajstić information content (AvgIpc) is 3.15. The summed E-state index contributed by atoms with van der Waals surface area (Å²) >= 11 is 0. The minimum absolute atomic E-state index is 0.0409. The smallest absolute Gasteiger partial charge is 0.217 e. The summed E-state index contributed by atoms with van der Waals surface area (Å²) in [4.78, 5) is 29.3. The van der Waals surface area contributed by atoms with Gasteiger partial charge in [0.2, 0.25) is 5.91 Å². The van der Waals surface area contributed by atoms with E-state index in [1.807, 2.05) is 0 Å². The molecule has 3 rings (SSSR count). The lowest BCUT2D eigenvalue weighted by Gasteiger charge is -2.15. The molecule has 0 aliphatic carbocycles. The number of nitrogens with one attached hydrogen (secondary N) is 2. The zero-order chi connectivity index (χ0) is 14.7. The largest absolute Gasteiger partial charge is 0.355 e. The summed E-state index contributed by atoms with van der Waals surface area (Å²) < 4.78 is 0. The second-order valence-corrected chi connectivity index (χ2v) is 5.20. The highest BCUT2D eigenvalue weighted by Gasteiger charge is 2.26. The van der Waals surface area contributed by atoms with Crippen molar-refractivity contribution in [2.45, 2.75) is 25.8 Å². The van der Waals surface area contributed by atoms with Gasteiger partial charge in [-0.05, 0) is 6.42 Å². The van der Waals surface area contributed by atoms with E-state index in [2.05, 4.69) is 30.2 Å². The van der Waals surface area contributed by atoms with Crippen LogP contribution in [0.2, 0.25) is 0 Å². The summed E-state index contributed by atoms with van der Waals surface area (Å²) in [5.41, 5.74) is 0.929. The van der Waals surface area contributed by atoms with E-state index in [4.69, 9.17) is 0 Å². The predicted octanol–water partition coefficient (Wildman–Crippen LogP) is 0.830. The van der Waals surface area contributed by atoms with E-state index in [0.29, 0.717) is 12.5 Å². The highest BCUT2D eigenvalue weighted by Crippen LogP contribution is 2.27. The summed E-state index contributed by atoms with van der Waals surface area (Å²) in [7, 11) is 0. The van der Waals surface area contributed by atoms with Crippen LogP contribution < -0.4 is 10.2 Å². The van der Waals surface area contributed by atoms with Crippen molar-refractivity contribution in [3.63, 3.8) is 0 Å². The molecule has 110 valence electrons.